The number of nitrogens with one attached hydrogen (secondary N) is 2. The van der Waals surface area contributed by atoms with Gasteiger partial charge in [0.25, 0.3) is 0 Å². The Labute approximate surface area is 154 Å². The number of H-pyrrole nitrogens is 1. The highest BCUT2D eigenvalue weighted by Gasteiger charge is 2.26. The van der Waals surface area contributed by atoms with Crippen LogP contribution >= 0.6 is 12.4 Å². The van der Waals surface area contributed by atoms with Gasteiger partial charge in [-0.25, -0.2) is 9.97 Å². The number of piperidine rings is 1. The quantitative estimate of drug-likeness (QED) is 0.735. The maximum atomic E-state index is 4.98. The fraction of sp³-hybridized carbons (Fsp3) is 0.368. The zero-order valence-electron chi connectivity index (χ0n) is 14.6. The minimum atomic E-state index is 0. The van der Waals surface area contributed by atoms with Crippen LogP contribution in [0.3, 0.4) is 0 Å². The number of aryl methyl sites for hydroxylation is 1. The highest BCUT2D eigenvalue weighted by Crippen LogP contribution is 2.38. The fourth-order valence-corrected chi connectivity index (χ4v) is 3.59. The van der Waals surface area contributed by atoms with Gasteiger partial charge in [0.05, 0.1) is 17.1 Å². The molecule has 1 aromatic rings. The molecule has 134 valence electrons. The third-order valence-corrected chi connectivity index (χ3v) is 4.80. The lowest BCUT2D eigenvalue weighted by molar-refractivity contribution is 0.452. The van der Waals surface area contributed by atoms with Gasteiger partial charge in [-0.05, 0) is 39.8 Å². The van der Waals surface area contributed by atoms with Crippen LogP contribution in [0.1, 0.15) is 35.8 Å². The molecule has 0 amide bonds. The molecular weight excluding hydrogens is 336 g/mol. The highest BCUT2D eigenvalue weighted by molar-refractivity contribution is 5.85. The Morgan fingerprint density at radius 3 is 2.32 bits per heavy atom. The number of aromatic amines is 1. The number of nitrogens with zero attached hydrogens (tertiary/aromatic N) is 2. The van der Waals surface area contributed by atoms with E-state index in [-0.39, 0.29) is 17.9 Å². The van der Waals surface area contributed by atoms with Gasteiger partial charge in [-0.2, -0.15) is 0 Å². The van der Waals surface area contributed by atoms with Crippen molar-refractivity contribution in [2.45, 2.75) is 32.6 Å². The maximum Gasteiger partial charge on any atom is 0.109 e. The maximum absolute atomic E-state index is 4.98. The molecular formula is C19H25ClN4O. The number of benzene rings is 1. The predicted octanol–water partition coefficient (Wildman–Crippen LogP) is 3.26. The van der Waals surface area contributed by atoms with Gasteiger partial charge in [0.15, 0.2) is 0 Å². The standard InChI is InChI=1S/C19H22N4.ClH.H2O/c1-12-16(14-6-4-3-5-7-14)23-19-17(12)21-13(2)22-18(19)15-8-10-20-11-9-15;;/h3-7,15,20H,8-11H2,1-2H3,(H,21,22);1H;1H2. The Morgan fingerprint density at radius 1 is 0.960 bits per heavy atom. The molecule has 4 N–H and O–H groups in total. The van der Waals surface area contributed by atoms with Crippen molar-refractivity contribution < 1.29 is 5.48 Å². The van der Waals surface area contributed by atoms with E-state index >= 15 is 0 Å². The first kappa shape index (κ1) is 19.4. The van der Waals surface area contributed by atoms with Crippen LogP contribution in [-0.4, -0.2) is 33.5 Å². The van der Waals surface area contributed by atoms with Crippen LogP contribution in [0.5, 0.6) is 0 Å². The van der Waals surface area contributed by atoms with E-state index in [1.54, 1.807) is 0 Å². The fourth-order valence-electron chi connectivity index (χ4n) is 3.59. The molecule has 0 atom stereocenters. The van der Waals surface area contributed by atoms with Gasteiger partial charge < -0.3 is 15.8 Å². The molecule has 0 saturated carbocycles. The Bertz CT molecular complexity index is 797. The lowest BCUT2D eigenvalue weighted by Crippen LogP contribution is -2.27. The van der Waals surface area contributed by atoms with E-state index in [2.05, 4.69) is 41.5 Å². The van der Waals surface area contributed by atoms with Gasteiger partial charge in [-0.15, -0.1) is 12.4 Å². The number of fused-ring (bicyclic) bond motifs is 1. The lowest BCUT2D eigenvalue weighted by atomic mass is 9.92. The van der Waals surface area contributed by atoms with Crippen LogP contribution in [0.2, 0.25) is 0 Å². The summed E-state index contributed by atoms with van der Waals surface area (Å²) in [5, 5.41) is 3.43. The molecule has 1 aromatic carbocycles. The smallest absolute Gasteiger partial charge is 0.109 e. The van der Waals surface area contributed by atoms with Crippen molar-refractivity contribution in [3.63, 3.8) is 0 Å². The lowest BCUT2D eigenvalue weighted by Gasteiger charge is -2.23. The molecule has 0 bridgehead atoms. The Morgan fingerprint density at radius 2 is 1.64 bits per heavy atom. The molecule has 5 nitrogen and oxygen atoms in total. The Kier molecular flexibility index (Phi) is 6.16. The second kappa shape index (κ2) is 7.95. The van der Waals surface area contributed by atoms with Crippen molar-refractivity contribution in [2.75, 3.05) is 13.1 Å². The van der Waals surface area contributed by atoms with E-state index in [0.29, 0.717) is 5.92 Å². The van der Waals surface area contributed by atoms with Crippen molar-refractivity contribution in [3.8, 4) is 22.6 Å². The largest absolute Gasteiger partial charge is 0.412 e. The molecule has 25 heavy (non-hydrogen) atoms. The summed E-state index contributed by atoms with van der Waals surface area (Å²) >= 11 is 0. The van der Waals surface area contributed by atoms with Crippen LogP contribution in [0.4, 0.5) is 0 Å². The van der Waals surface area contributed by atoms with Gasteiger partial charge in [0.2, 0.25) is 0 Å². The minimum Gasteiger partial charge on any atom is -0.412 e. The van der Waals surface area contributed by atoms with Gasteiger partial charge in [-0.1, -0.05) is 30.3 Å². The van der Waals surface area contributed by atoms with Gasteiger partial charge in [-0.3, -0.25) is 0 Å². The number of aromatic nitrogens is 3. The molecule has 0 aliphatic carbocycles. The summed E-state index contributed by atoms with van der Waals surface area (Å²) in [7, 11) is 0. The highest BCUT2D eigenvalue weighted by atomic mass is 35.5. The van der Waals surface area contributed by atoms with Crippen LogP contribution < -0.4 is 5.32 Å². The molecule has 4 rings (SSSR count). The molecule has 0 aromatic heterocycles. The first-order valence-electron chi connectivity index (χ1n) is 8.37. The van der Waals surface area contributed by atoms with Crippen molar-refractivity contribution in [3.05, 3.63) is 47.4 Å². The summed E-state index contributed by atoms with van der Waals surface area (Å²) in [5.41, 5.74) is 6.82. The van der Waals surface area contributed by atoms with Crippen LogP contribution in [-0.2, 0) is 0 Å². The summed E-state index contributed by atoms with van der Waals surface area (Å²) < 4.78 is 0. The third-order valence-electron chi connectivity index (χ3n) is 4.80. The first-order chi connectivity index (χ1) is 11.2. The van der Waals surface area contributed by atoms with E-state index < -0.39 is 0 Å². The molecule has 1 fully saturated rings. The summed E-state index contributed by atoms with van der Waals surface area (Å²) in [6.45, 7) is 6.33. The summed E-state index contributed by atoms with van der Waals surface area (Å²) in [6.07, 6.45) is 2.27. The molecule has 0 spiro atoms. The minimum absolute atomic E-state index is 0. The van der Waals surface area contributed by atoms with Crippen molar-refractivity contribution in [1.29, 1.82) is 0 Å². The number of halogens is 1. The van der Waals surface area contributed by atoms with Crippen molar-refractivity contribution in [2.24, 2.45) is 0 Å². The Balaban J connectivity index is 0.00000113. The normalized spacial score (nSPS) is 14.8. The molecule has 3 aliphatic heterocycles. The topological polar surface area (TPSA) is 85.1 Å². The molecule has 1 saturated heterocycles. The zero-order chi connectivity index (χ0) is 15.8. The summed E-state index contributed by atoms with van der Waals surface area (Å²) in [6, 6.07) is 10.4. The van der Waals surface area contributed by atoms with Gasteiger partial charge in [0.1, 0.15) is 11.5 Å². The third kappa shape index (κ3) is 3.54. The molecule has 3 aliphatic rings. The number of hydrogen-bond donors (Lipinski definition) is 2. The Hall–Kier alpha value is -1.95. The van der Waals surface area contributed by atoms with Gasteiger partial charge in [0, 0.05) is 17.0 Å². The number of hydrogen-bond acceptors (Lipinski definition) is 3. The molecule has 6 heteroatoms. The summed E-state index contributed by atoms with van der Waals surface area (Å²) in [5.74, 6) is 1.48. The predicted molar refractivity (Wildman–Crippen MR) is 104 cm³/mol. The van der Waals surface area contributed by atoms with E-state index in [1.165, 1.54) is 16.8 Å². The zero-order valence-corrected chi connectivity index (χ0v) is 15.4. The molecule has 0 unspecified atom stereocenters. The van der Waals surface area contributed by atoms with E-state index in [4.69, 9.17) is 9.97 Å². The average Bonchev–Trinajstić information content (AvgIpc) is 2.93. The van der Waals surface area contributed by atoms with Crippen molar-refractivity contribution in [1.82, 2.24) is 20.3 Å². The summed E-state index contributed by atoms with van der Waals surface area (Å²) in [4.78, 5) is 13.3. The number of rotatable bonds is 2. The van der Waals surface area contributed by atoms with E-state index in [0.717, 1.165) is 48.8 Å². The molecule has 3 heterocycles. The van der Waals surface area contributed by atoms with E-state index in [9.17, 15) is 0 Å². The first-order valence-corrected chi connectivity index (χ1v) is 8.37. The molecule has 0 radical (unpaired) electrons. The van der Waals surface area contributed by atoms with Crippen molar-refractivity contribution >= 4 is 12.4 Å². The van der Waals surface area contributed by atoms with E-state index in [1.807, 2.05) is 13.0 Å². The second-order valence-electron chi connectivity index (χ2n) is 6.41. The second-order valence-corrected chi connectivity index (χ2v) is 6.41. The van der Waals surface area contributed by atoms with Crippen LogP contribution in [0, 0.1) is 13.8 Å². The van der Waals surface area contributed by atoms with Crippen LogP contribution in [0.25, 0.3) is 22.6 Å². The van der Waals surface area contributed by atoms with Crippen LogP contribution in [0.15, 0.2) is 30.3 Å². The monoisotopic (exact) mass is 360 g/mol. The SMILES string of the molecule is Cc1nc(C2CCNCC2)c2nc(-c3ccccc3)c(C)c-2[nH]1.Cl.O. The average molecular weight is 361 g/mol. The van der Waals surface area contributed by atoms with Gasteiger partial charge >= 0.3 is 0 Å².